The van der Waals surface area contributed by atoms with Crippen molar-refractivity contribution in [2.24, 2.45) is 0 Å². The Balaban J connectivity index is 1.66. The SMILES string of the molecule is C[C@@H]1C[C@@]2(CCN1C(=O)OC(C)(C)C)OCc1nc3nc(Br)[nH]n3c(=O)c12. The fourth-order valence-electron chi connectivity index (χ4n) is 3.94. The van der Waals surface area contributed by atoms with Crippen molar-refractivity contribution < 1.29 is 14.3 Å². The van der Waals surface area contributed by atoms with Gasteiger partial charge in [0.1, 0.15) is 11.2 Å². The van der Waals surface area contributed by atoms with Crippen LogP contribution in [0.3, 0.4) is 0 Å². The van der Waals surface area contributed by atoms with E-state index in [0.717, 1.165) is 0 Å². The number of amides is 1. The molecule has 1 amide bonds. The van der Waals surface area contributed by atoms with Crippen LogP contribution in [0.25, 0.3) is 5.78 Å². The maximum Gasteiger partial charge on any atom is 0.410 e. The molecule has 10 heteroatoms. The maximum atomic E-state index is 13.1. The molecule has 4 heterocycles. The van der Waals surface area contributed by atoms with Crippen LogP contribution in [-0.4, -0.2) is 48.8 Å². The molecule has 2 atom stereocenters. The molecule has 0 aromatic carbocycles. The van der Waals surface area contributed by atoms with Gasteiger partial charge in [-0.1, -0.05) is 0 Å². The lowest BCUT2D eigenvalue weighted by Crippen LogP contribution is -2.52. The Bertz CT molecular complexity index is 978. The molecule has 2 aromatic heterocycles. The topological polar surface area (TPSA) is 102 Å². The number of aromatic nitrogens is 4. The number of carbonyl (C=O) groups excluding carboxylic acids is 1. The van der Waals surface area contributed by atoms with E-state index in [1.165, 1.54) is 4.52 Å². The van der Waals surface area contributed by atoms with E-state index in [1.54, 1.807) is 4.90 Å². The Kier molecular flexibility index (Phi) is 4.12. The highest BCUT2D eigenvalue weighted by molar-refractivity contribution is 9.10. The van der Waals surface area contributed by atoms with Crippen LogP contribution in [0, 0.1) is 0 Å². The zero-order chi connectivity index (χ0) is 19.6. The normalized spacial score (nSPS) is 25.2. The molecule has 1 saturated heterocycles. The summed E-state index contributed by atoms with van der Waals surface area (Å²) in [7, 11) is 0. The molecule has 2 aromatic rings. The van der Waals surface area contributed by atoms with Crippen LogP contribution in [-0.2, 0) is 21.7 Å². The van der Waals surface area contributed by atoms with Crippen molar-refractivity contribution >= 4 is 27.8 Å². The fourth-order valence-corrected chi connectivity index (χ4v) is 4.27. The molecule has 1 fully saturated rings. The highest BCUT2D eigenvalue weighted by Gasteiger charge is 2.49. The largest absolute Gasteiger partial charge is 0.444 e. The van der Waals surface area contributed by atoms with Crippen molar-refractivity contribution in [2.75, 3.05) is 6.54 Å². The van der Waals surface area contributed by atoms with Crippen molar-refractivity contribution in [3.05, 3.63) is 26.3 Å². The number of rotatable bonds is 0. The van der Waals surface area contributed by atoms with E-state index >= 15 is 0 Å². The number of halogens is 1. The highest BCUT2D eigenvalue weighted by atomic mass is 79.9. The quantitative estimate of drug-likeness (QED) is 0.675. The molecule has 146 valence electrons. The third-order valence-corrected chi connectivity index (χ3v) is 5.38. The van der Waals surface area contributed by atoms with E-state index in [0.29, 0.717) is 41.2 Å². The second-order valence-electron chi connectivity index (χ2n) is 8.15. The van der Waals surface area contributed by atoms with Gasteiger partial charge in [-0.15, -0.1) is 0 Å². The lowest BCUT2D eigenvalue weighted by atomic mass is 9.82. The standard InChI is InChI=1S/C17H22BrN5O4/c1-9-7-17(5-6-22(9)15(25)27-16(2,3)4)11-10(8-26-17)19-14-20-13(18)21-23(14)12(11)24/h9H,5-8H2,1-4H3,(H,19,20,21)/t9-,17-/m1/s1. The number of H-pyrrole nitrogens is 1. The van der Waals surface area contributed by atoms with Crippen LogP contribution in [0.15, 0.2) is 9.53 Å². The summed E-state index contributed by atoms with van der Waals surface area (Å²) in [6.07, 6.45) is 0.685. The monoisotopic (exact) mass is 439 g/mol. The number of hydrogen-bond acceptors (Lipinski definition) is 6. The molecule has 0 radical (unpaired) electrons. The van der Waals surface area contributed by atoms with Gasteiger partial charge in [-0.3, -0.25) is 9.89 Å². The summed E-state index contributed by atoms with van der Waals surface area (Å²) in [6, 6.07) is -0.131. The summed E-state index contributed by atoms with van der Waals surface area (Å²) in [4.78, 5) is 35.9. The summed E-state index contributed by atoms with van der Waals surface area (Å²) in [6.45, 7) is 8.20. The number of ether oxygens (including phenoxy) is 2. The summed E-state index contributed by atoms with van der Waals surface area (Å²) in [5.41, 5.74) is -0.312. The number of carbonyl (C=O) groups is 1. The van der Waals surface area contributed by atoms with E-state index in [-0.39, 0.29) is 24.3 Å². The molecule has 2 aliphatic heterocycles. The highest BCUT2D eigenvalue weighted by Crippen LogP contribution is 2.44. The van der Waals surface area contributed by atoms with Crippen LogP contribution in [0.5, 0.6) is 0 Å². The van der Waals surface area contributed by atoms with Crippen LogP contribution in [0.4, 0.5) is 4.79 Å². The van der Waals surface area contributed by atoms with Gasteiger partial charge in [0.25, 0.3) is 11.3 Å². The zero-order valence-corrected chi connectivity index (χ0v) is 17.3. The molecule has 9 nitrogen and oxygen atoms in total. The van der Waals surface area contributed by atoms with E-state index < -0.39 is 11.2 Å². The van der Waals surface area contributed by atoms with Crippen molar-refractivity contribution in [3.63, 3.8) is 0 Å². The second kappa shape index (κ2) is 6.03. The first kappa shape index (κ1) is 18.4. The van der Waals surface area contributed by atoms with Gasteiger partial charge in [-0.05, 0) is 50.0 Å². The van der Waals surface area contributed by atoms with Crippen LogP contribution < -0.4 is 5.56 Å². The third-order valence-electron chi connectivity index (χ3n) is 5.03. The molecule has 1 N–H and O–H groups in total. The molecule has 1 spiro atoms. The van der Waals surface area contributed by atoms with E-state index in [2.05, 4.69) is 31.0 Å². The van der Waals surface area contributed by atoms with Crippen molar-refractivity contribution in [1.82, 2.24) is 24.5 Å². The van der Waals surface area contributed by atoms with Gasteiger partial charge in [0.05, 0.1) is 17.9 Å². The predicted octanol–water partition coefficient (Wildman–Crippen LogP) is 2.33. The molecule has 27 heavy (non-hydrogen) atoms. The summed E-state index contributed by atoms with van der Waals surface area (Å²) < 4.78 is 13.4. The molecule has 0 aliphatic carbocycles. The summed E-state index contributed by atoms with van der Waals surface area (Å²) in [5, 5.41) is 2.85. The smallest absolute Gasteiger partial charge is 0.410 e. The number of fused-ring (bicyclic) bond motifs is 3. The minimum atomic E-state index is -0.740. The Morgan fingerprint density at radius 1 is 1.41 bits per heavy atom. The van der Waals surface area contributed by atoms with Gasteiger partial charge in [0.15, 0.2) is 4.73 Å². The van der Waals surface area contributed by atoms with Gasteiger partial charge < -0.3 is 14.4 Å². The number of hydrogen-bond donors (Lipinski definition) is 1. The Morgan fingerprint density at radius 3 is 2.81 bits per heavy atom. The average Bonchev–Trinajstić information content (AvgIpc) is 3.07. The maximum absolute atomic E-state index is 13.1. The Labute approximate surface area is 164 Å². The number of piperidine rings is 1. The lowest BCUT2D eigenvalue weighted by molar-refractivity contribution is -0.0945. The number of aromatic amines is 1. The van der Waals surface area contributed by atoms with Crippen molar-refractivity contribution in [2.45, 2.75) is 64.4 Å². The molecule has 0 unspecified atom stereocenters. The molecule has 2 aliphatic rings. The van der Waals surface area contributed by atoms with E-state index in [4.69, 9.17) is 9.47 Å². The van der Waals surface area contributed by atoms with Gasteiger partial charge in [-0.25, -0.2) is 9.78 Å². The Hall–Kier alpha value is -1.94. The van der Waals surface area contributed by atoms with E-state index in [9.17, 15) is 9.59 Å². The summed E-state index contributed by atoms with van der Waals surface area (Å²) >= 11 is 3.24. The second-order valence-corrected chi connectivity index (χ2v) is 8.90. The van der Waals surface area contributed by atoms with Gasteiger partial charge >= 0.3 is 6.09 Å². The number of nitrogens with one attached hydrogen (secondary N) is 1. The number of nitrogens with zero attached hydrogens (tertiary/aromatic N) is 4. The molecule has 0 saturated carbocycles. The molecular weight excluding hydrogens is 418 g/mol. The van der Waals surface area contributed by atoms with Crippen LogP contribution in [0.2, 0.25) is 0 Å². The zero-order valence-electron chi connectivity index (χ0n) is 15.7. The van der Waals surface area contributed by atoms with E-state index in [1.807, 2.05) is 27.7 Å². The van der Waals surface area contributed by atoms with Crippen LogP contribution in [0.1, 0.15) is 51.8 Å². The fraction of sp³-hybridized carbons (Fsp3) is 0.647. The lowest BCUT2D eigenvalue weighted by Gasteiger charge is -2.43. The van der Waals surface area contributed by atoms with Crippen molar-refractivity contribution in [3.8, 4) is 0 Å². The predicted molar refractivity (Wildman–Crippen MR) is 99.4 cm³/mol. The van der Waals surface area contributed by atoms with Crippen molar-refractivity contribution in [1.29, 1.82) is 0 Å². The first-order valence-electron chi connectivity index (χ1n) is 8.91. The third kappa shape index (κ3) is 3.04. The summed E-state index contributed by atoms with van der Waals surface area (Å²) in [5.74, 6) is 0.311. The van der Waals surface area contributed by atoms with Gasteiger partial charge in [0.2, 0.25) is 0 Å². The molecule has 0 bridgehead atoms. The minimum Gasteiger partial charge on any atom is -0.444 e. The minimum absolute atomic E-state index is 0.131. The molecule has 4 rings (SSSR count). The number of likely N-dealkylation sites (tertiary alicyclic amines) is 1. The van der Waals surface area contributed by atoms with Gasteiger partial charge in [0, 0.05) is 19.0 Å². The first-order chi connectivity index (χ1) is 12.6. The first-order valence-corrected chi connectivity index (χ1v) is 9.70. The average molecular weight is 440 g/mol. The van der Waals surface area contributed by atoms with Gasteiger partial charge in [-0.2, -0.15) is 9.50 Å². The Morgan fingerprint density at radius 2 is 2.15 bits per heavy atom. The van der Waals surface area contributed by atoms with Crippen LogP contribution >= 0.6 is 15.9 Å². The molecular formula is C17H22BrN5O4.